The van der Waals surface area contributed by atoms with E-state index in [1.54, 1.807) is 21.8 Å². The molecule has 0 saturated carbocycles. The van der Waals surface area contributed by atoms with E-state index in [1.165, 1.54) is 6.07 Å². The Morgan fingerprint density at radius 3 is 2.57 bits per heavy atom. The van der Waals surface area contributed by atoms with Crippen LogP contribution in [0.5, 0.6) is 0 Å². The van der Waals surface area contributed by atoms with Gasteiger partial charge in [0.2, 0.25) is 5.91 Å². The molecule has 0 unspecified atom stereocenters. The molecule has 1 spiro atoms. The molecule has 0 radical (unpaired) electrons. The minimum Gasteiger partial charge on any atom is -0.307 e. The molecule has 0 N–H and O–H groups in total. The Morgan fingerprint density at radius 2 is 1.89 bits per heavy atom. The van der Waals surface area contributed by atoms with Crippen LogP contribution in [0.2, 0.25) is 0 Å². The number of aromatic nitrogens is 2. The van der Waals surface area contributed by atoms with Gasteiger partial charge in [-0.15, -0.1) is 0 Å². The van der Waals surface area contributed by atoms with E-state index in [-0.39, 0.29) is 18.3 Å². The van der Waals surface area contributed by atoms with Gasteiger partial charge in [-0.25, -0.2) is 4.39 Å². The van der Waals surface area contributed by atoms with Crippen LogP contribution in [-0.4, -0.2) is 40.7 Å². The van der Waals surface area contributed by atoms with Crippen LogP contribution in [0.4, 0.5) is 10.1 Å². The van der Waals surface area contributed by atoms with Gasteiger partial charge in [-0.05, 0) is 30.3 Å². The molecule has 6 heteroatoms. The molecule has 3 heterocycles. The second-order valence-corrected chi connectivity index (χ2v) is 7.87. The lowest BCUT2D eigenvalue weighted by atomic mass is 9.75. The molecule has 5 rings (SSSR count). The van der Waals surface area contributed by atoms with Crippen molar-refractivity contribution >= 4 is 11.6 Å². The number of halogens is 1. The van der Waals surface area contributed by atoms with E-state index >= 15 is 0 Å². The number of fused-ring (bicyclic) bond motifs is 2. The largest absolute Gasteiger partial charge is 0.307 e. The second kappa shape index (κ2) is 6.01. The average Bonchev–Trinajstić information content (AvgIpc) is 3.19. The fraction of sp³-hybridized carbons (Fsp3) is 0.273. The topological polar surface area (TPSA) is 41.4 Å². The number of likely N-dealkylation sites (N-methyl/N-ethyl adjacent to an activating group) is 1. The quantitative estimate of drug-likeness (QED) is 0.706. The van der Waals surface area contributed by atoms with E-state index in [1.807, 2.05) is 50.6 Å². The summed E-state index contributed by atoms with van der Waals surface area (Å²) in [5.41, 5.74) is 3.64. The SMILES string of the molecule is CN1CC2(C1)C(=O)N(Cc1ccc(-c3cnn(C)c3)cc1F)c1ccccc12. The lowest BCUT2D eigenvalue weighted by Gasteiger charge is -2.44. The van der Waals surface area contributed by atoms with Gasteiger partial charge in [0.05, 0.1) is 12.7 Å². The number of carbonyl (C=O) groups is 1. The molecule has 0 atom stereocenters. The molecule has 2 aliphatic rings. The number of hydrogen-bond acceptors (Lipinski definition) is 3. The Bertz CT molecular complexity index is 1080. The molecule has 3 aromatic rings. The Morgan fingerprint density at radius 1 is 1.11 bits per heavy atom. The van der Waals surface area contributed by atoms with Gasteiger partial charge in [0.25, 0.3) is 0 Å². The van der Waals surface area contributed by atoms with E-state index in [0.29, 0.717) is 18.7 Å². The van der Waals surface area contributed by atoms with Crippen molar-refractivity contribution in [2.75, 3.05) is 25.0 Å². The first-order valence-electron chi connectivity index (χ1n) is 9.35. The first-order valence-corrected chi connectivity index (χ1v) is 9.35. The minimum atomic E-state index is -0.475. The summed E-state index contributed by atoms with van der Waals surface area (Å²) in [5, 5.41) is 4.14. The number of rotatable bonds is 3. The molecule has 1 fully saturated rings. The summed E-state index contributed by atoms with van der Waals surface area (Å²) in [6, 6.07) is 13.1. The molecule has 2 aromatic carbocycles. The highest BCUT2D eigenvalue weighted by Gasteiger charge is 2.56. The maximum absolute atomic E-state index is 14.9. The fourth-order valence-electron chi connectivity index (χ4n) is 4.53. The number of anilines is 1. The lowest BCUT2D eigenvalue weighted by Crippen LogP contribution is -2.62. The number of aryl methyl sites for hydroxylation is 1. The number of para-hydroxylation sites is 1. The van der Waals surface area contributed by atoms with Crippen molar-refractivity contribution in [3.05, 3.63) is 71.8 Å². The van der Waals surface area contributed by atoms with Crippen LogP contribution in [0.15, 0.2) is 54.9 Å². The van der Waals surface area contributed by atoms with Crippen molar-refractivity contribution in [2.24, 2.45) is 7.05 Å². The number of nitrogens with zero attached hydrogens (tertiary/aromatic N) is 4. The van der Waals surface area contributed by atoms with E-state index < -0.39 is 5.41 Å². The molecular weight excluding hydrogens is 355 g/mol. The molecule has 5 nitrogen and oxygen atoms in total. The monoisotopic (exact) mass is 376 g/mol. The normalized spacial score (nSPS) is 17.8. The molecule has 1 amide bonds. The number of likely N-dealkylation sites (tertiary alicyclic amines) is 1. The van der Waals surface area contributed by atoms with Gasteiger partial charge >= 0.3 is 0 Å². The van der Waals surface area contributed by atoms with Crippen LogP contribution in [0, 0.1) is 5.82 Å². The first kappa shape index (κ1) is 17.1. The van der Waals surface area contributed by atoms with Crippen molar-refractivity contribution in [1.29, 1.82) is 0 Å². The van der Waals surface area contributed by atoms with Crippen LogP contribution in [0.1, 0.15) is 11.1 Å². The summed E-state index contributed by atoms with van der Waals surface area (Å²) in [5.74, 6) is -0.235. The predicted molar refractivity (Wildman–Crippen MR) is 105 cm³/mol. The maximum atomic E-state index is 14.9. The van der Waals surface area contributed by atoms with Gasteiger partial charge < -0.3 is 9.80 Å². The van der Waals surface area contributed by atoms with Gasteiger partial charge in [-0.3, -0.25) is 9.48 Å². The third-order valence-corrected chi connectivity index (χ3v) is 5.86. The lowest BCUT2D eigenvalue weighted by molar-refractivity contribution is -0.128. The molecule has 28 heavy (non-hydrogen) atoms. The maximum Gasteiger partial charge on any atom is 0.240 e. The van der Waals surface area contributed by atoms with Crippen molar-refractivity contribution in [3.8, 4) is 11.1 Å². The van der Waals surface area contributed by atoms with Crippen LogP contribution >= 0.6 is 0 Å². The summed E-state index contributed by atoms with van der Waals surface area (Å²) >= 11 is 0. The predicted octanol–water partition coefficient (Wildman–Crippen LogP) is 2.96. The van der Waals surface area contributed by atoms with Crippen LogP contribution in [-0.2, 0) is 23.8 Å². The Balaban J connectivity index is 1.47. The van der Waals surface area contributed by atoms with E-state index in [2.05, 4.69) is 10.00 Å². The van der Waals surface area contributed by atoms with Crippen LogP contribution < -0.4 is 4.90 Å². The van der Waals surface area contributed by atoms with Crippen molar-refractivity contribution in [2.45, 2.75) is 12.0 Å². The molecule has 0 aliphatic carbocycles. The zero-order valence-corrected chi connectivity index (χ0v) is 15.9. The molecule has 2 aliphatic heterocycles. The van der Waals surface area contributed by atoms with E-state index in [4.69, 9.17) is 0 Å². The number of hydrogen-bond donors (Lipinski definition) is 0. The van der Waals surface area contributed by atoms with Gasteiger partial charge in [0, 0.05) is 43.1 Å². The summed E-state index contributed by atoms with van der Waals surface area (Å²) in [4.78, 5) is 17.2. The van der Waals surface area contributed by atoms with Crippen molar-refractivity contribution in [1.82, 2.24) is 14.7 Å². The molecule has 1 saturated heterocycles. The molecule has 1 aromatic heterocycles. The highest BCUT2D eigenvalue weighted by atomic mass is 19.1. The second-order valence-electron chi connectivity index (χ2n) is 7.87. The third-order valence-electron chi connectivity index (χ3n) is 5.86. The summed E-state index contributed by atoms with van der Waals surface area (Å²) in [6.45, 7) is 1.66. The van der Waals surface area contributed by atoms with Crippen LogP contribution in [0.25, 0.3) is 11.1 Å². The fourth-order valence-corrected chi connectivity index (χ4v) is 4.53. The minimum absolute atomic E-state index is 0.0718. The third kappa shape index (κ3) is 2.41. The Kier molecular flexibility index (Phi) is 3.67. The van der Waals surface area contributed by atoms with Gasteiger partial charge in [0.1, 0.15) is 11.2 Å². The molecule has 0 bridgehead atoms. The van der Waals surface area contributed by atoms with Gasteiger partial charge in [-0.2, -0.15) is 5.10 Å². The Labute approximate surface area is 163 Å². The van der Waals surface area contributed by atoms with E-state index in [0.717, 1.165) is 22.4 Å². The average molecular weight is 376 g/mol. The highest BCUT2D eigenvalue weighted by molar-refractivity contribution is 6.09. The van der Waals surface area contributed by atoms with Crippen molar-refractivity contribution < 1.29 is 9.18 Å². The standard InChI is InChI=1S/C22H21FN4O/c1-25-13-22(14-25)18-5-3-4-6-20(18)27(21(22)28)12-16-8-7-15(9-19(16)23)17-10-24-26(2)11-17/h3-11H,12-14H2,1-2H3. The molecular formula is C22H21FN4O. The summed E-state index contributed by atoms with van der Waals surface area (Å²) < 4.78 is 16.6. The van der Waals surface area contributed by atoms with Gasteiger partial charge in [0.15, 0.2) is 0 Å². The van der Waals surface area contributed by atoms with Gasteiger partial charge in [-0.1, -0.05) is 30.3 Å². The number of carbonyl (C=O) groups excluding carboxylic acids is 1. The zero-order chi connectivity index (χ0) is 19.5. The first-order chi connectivity index (χ1) is 13.5. The summed E-state index contributed by atoms with van der Waals surface area (Å²) in [6.07, 6.45) is 3.57. The number of amides is 1. The zero-order valence-electron chi connectivity index (χ0n) is 15.9. The molecule has 142 valence electrons. The van der Waals surface area contributed by atoms with Crippen molar-refractivity contribution in [3.63, 3.8) is 0 Å². The highest BCUT2D eigenvalue weighted by Crippen LogP contribution is 2.47. The van der Waals surface area contributed by atoms with Crippen LogP contribution in [0.3, 0.4) is 0 Å². The number of benzene rings is 2. The summed E-state index contributed by atoms with van der Waals surface area (Å²) in [7, 11) is 3.85. The Hall–Kier alpha value is -2.99. The smallest absolute Gasteiger partial charge is 0.240 e. The van der Waals surface area contributed by atoms with E-state index in [9.17, 15) is 9.18 Å².